The van der Waals surface area contributed by atoms with E-state index in [0.717, 1.165) is 16.0 Å². The second-order valence-electron chi connectivity index (χ2n) is 4.77. The van der Waals surface area contributed by atoms with Crippen molar-refractivity contribution in [3.63, 3.8) is 0 Å². The highest BCUT2D eigenvalue weighted by molar-refractivity contribution is 7.15. The third kappa shape index (κ3) is 2.16. The third-order valence-electron chi connectivity index (χ3n) is 3.52. The molecule has 2 atom stereocenters. The minimum Gasteiger partial charge on any atom is -0.351 e. The summed E-state index contributed by atoms with van der Waals surface area (Å²) >= 11 is 7.71. The molecule has 2 heterocycles. The van der Waals surface area contributed by atoms with Crippen LogP contribution in [0.15, 0.2) is 10.4 Å². The van der Waals surface area contributed by atoms with E-state index in [4.69, 9.17) is 16.6 Å². The number of nitrogens with one attached hydrogen (secondary N) is 2. The van der Waals surface area contributed by atoms with Crippen molar-refractivity contribution >= 4 is 34.6 Å². The van der Waals surface area contributed by atoms with Gasteiger partial charge in [-0.15, -0.1) is 11.3 Å². The smallest absolute Gasteiger partial charge is 0.196 e. The fraction of sp³-hybridized carbons (Fsp3) is 0.583. The number of fused-ring (bicyclic) bond motifs is 1. The zero-order valence-electron chi connectivity index (χ0n) is 9.79. The molecule has 5 heteroatoms. The Bertz CT molecular complexity index is 435. The van der Waals surface area contributed by atoms with Gasteiger partial charge in [0.1, 0.15) is 4.34 Å². The normalized spacial score (nSPS) is 27.3. The van der Waals surface area contributed by atoms with E-state index in [1.54, 1.807) is 11.3 Å². The van der Waals surface area contributed by atoms with Crippen LogP contribution in [0.4, 0.5) is 5.69 Å². The van der Waals surface area contributed by atoms with Gasteiger partial charge in [0.25, 0.3) is 0 Å². The van der Waals surface area contributed by atoms with Crippen molar-refractivity contribution in [2.75, 3.05) is 5.32 Å². The maximum atomic E-state index is 6.15. The quantitative estimate of drug-likeness (QED) is 0.820. The molecular formula is C12H16ClN3S. The van der Waals surface area contributed by atoms with Crippen LogP contribution in [-0.2, 0) is 0 Å². The lowest BCUT2D eigenvalue weighted by atomic mass is 9.92. The number of nitrogens with zero attached hydrogens (tertiary/aromatic N) is 1. The van der Waals surface area contributed by atoms with Crippen molar-refractivity contribution in [2.24, 2.45) is 4.99 Å². The highest BCUT2D eigenvalue weighted by Crippen LogP contribution is 2.33. The summed E-state index contributed by atoms with van der Waals surface area (Å²) in [7, 11) is 0. The van der Waals surface area contributed by atoms with E-state index >= 15 is 0 Å². The van der Waals surface area contributed by atoms with Crippen molar-refractivity contribution in [3.05, 3.63) is 15.3 Å². The molecule has 2 aliphatic rings. The molecule has 1 fully saturated rings. The van der Waals surface area contributed by atoms with Crippen molar-refractivity contribution in [1.82, 2.24) is 5.32 Å². The lowest BCUT2D eigenvalue weighted by molar-refractivity contribution is 0.384. The Balaban J connectivity index is 1.74. The minimum atomic E-state index is 0.462. The fourth-order valence-electron chi connectivity index (χ4n) is 2.56. The topological polar surface area (TPSA) is 36.4 Å². The number of aryl methyl sites for hydroxylation is 1. The number of aliphatic imine (C=N–C) groups is 1. The summed E-state index contributed by atoms with van der Waals surface area (Å²) in [5, 5.41) is 8.86. The molecule has 3 nitrogen and oxygen atoms in total. The standard InChI is InChI=1S/C12H16ClN3S/c1-7-6-17-11(13)10(7)16-12-14-8-4-2-3-5-9(8)15-12/h6,8-9H,2-5H2,1H3,(H2,14,15,16)/t8-,9?/m1/s1. The monoisotopic (exact) mass is 269 g/mol. The van der Waals surface area contributed by atoms with Gasteiger partial charge in [0, 0.05) is 0 Å². The van der Waals surface area contributed by atoms with Gasteiger partial charge in [-0.1, -0.05) is 24.4 Å². The van der Waals surface area contributed by atoms with Crippen molar-refractivity contribution in [1.29, 1.82) is 0 Å². The zero-order chi connectivity index (χ0) is 11.8. The highest BCUT2D eigenvalue weighted by Gasteiger charge is 2.31. The van der Waals surface area contributed by atoms with E-state index in [-0.39, 0.29) is 0 Å². The number of thiophene rings is 1. The van der Waals surface area contributed by atoms with Crippen LogP contribution in [0.5, 0.6) is 0 Å². The van der Waals surface area contributed by atoms with Crippen LogP contribution in [0.1, 0.15) is 31.2 Å². The molecule has 1 unspecified atom stereocenters. The van der Waals surface area contributed by atoms with Gasteiger partial charge in [-0.3, -0.25) is 0 Å². The summed E-state index contributed by atoms with van der Waals surface area (Å²) in [6, 6.07) is 0.993. The minimum absolute atomic E-state index is 0.462. The predicted molar refractivity (Wildman–Crippen MR) is 74.3 cm³/mol. The Labute approximate surface area is 110 Å². The van der Waals surface area contributed by atoms with E-state index in [9.17, 15) is 0 Å². The first-order valence-electron chi connectivity index (χ1n) is 6.09. The number of anilines is 1. The molecule has 0 radical (unpaired) electrons. The molecule has 0 aromatic carbocycles. The molecule has 3 rings (SSSR count). The molecule has 0 spiro atoms. The average Bonchev–Trinajstić information content (AvgIpc) is 2.87. The predicted octanol–water partition coefficient (Wildman–Crippen LogP) is 3.39. The van der Waals surface area contributed by atoms with Crippen molar-refractivity contribution < 1.29 is 0 Å². The van der Waals surface area contributed by atoms with Gasteiger partial charge in [0.2, 0.25) is 0 Å². The number of rotatable bonds is 1. The van der Waals surface area contributed by atoms with Gasteiger partial charge < -0.3 is 10.6 Å². The van der Waals surface area contributed by atoms with Gasteiger partial charge in [0.15, 0.2) is 5.96 Å². The van der Waals surface area contributed by atoms with E-state index in [2.05, 4.69) is 22.9 Å². The Kier molecular flexibility index (Phi) is 3.01. The molecule has 0 saturated heterocycles. The van der Waals surface area contributed by atoms with E-state index in [1.165, 1.54) is 31.2 Å². The molecule has 1 aliphatic carbocycles. The summed E-state index contributed by atoms with van der Waals surface area (Å²) in [4.78, 5) is 4.71. The van der Waals surface area contributed by atoms with Gasteiger partial charge in [-0.05, 0) is 30.7 Å². The molecule has 92 valence electrons. The van der Waals surface area contributed by atoms with Crippen LogP contribution < -0.4 is 10.6 Å². The number of guanidine groups is 1. The van der Waals surface area contributed by atoms with Crippen molar-refractivity contribution in [2.45, 2.75) is 44.7 Å². The molecule has 17 heavy (non-hydrogen) atoms. The molecule has 2 N–H and O–H groups in total. The van der Waals surface area contributed by atoms with E-state index in [1.807, 2.05) is 0 Å². The van der Waals surface area contributed by atoms with Gasteiger partial charge in [-0.2, -0.15) is 0 Å². The molecule has 1 saturated carbocycles. The van der Waals surface area contributed by atoms with Gasteiger partial charge >= 0.3 is 0 Å². The van der Waals surface area contributed by atoms with Crippen LogP contribution in [0, 0.1) is 6.92 Å². The molecule has 0 amide bonds. The molecule has 0 bridgehead atoms. The lowest BCUT2D eigenvalue weighted by Gasteiger charge is -2.23. The molecule has 1 aromatic heterocycles. The van der Waals surface area contributed by atoms with Crippen LogP contribution in [0.25, 0.3) is 0 Å². The second kappa shape index (κ2) is 4.50. The first-order valence-corrected chi connectivity index (χ1v) is 7.35. The summed E-state index contributed by atoms with van der Waals surface area (Å²) in [5.41, 5.74) is 2.18. The fourth-order valence-corrected chi connectivity index (χ4v) is 3.62. The average molecular weight is 270 g/mol. The maximum absolute atomic E-state index is 6.15. The van der Waals surface area contributed by atoms with Crippen LogP contribution in [0.2, 0.25) is 4.34 Å². The van der Waals surface area contributed by atoms with Crippen LogP contribution >= 0.6 is 22.9 Å². The molecular weight excluding hydrogens is 254 g/mol. The molecule has 1 aromatic rings. The van der Waals surface area contributed by atoms with Crippen molar-refractivity contribution in [3.8, 4) is 0 Å². The third-order valence-corrected chi connectivity index (χ3v) is 4.86. The Morgan fingerprint density at radius 1 is 1.47 bits per heavy atom. The summed E-state index contributed by atoms with van der Waals surface area (Å²) in [5.74, 6) is 0.894. The lowest BCUT2D eigenvalue weighted by Crippen LogP contribution is -2.38. The van der Waals surface area contributed by atoms with Crippen LogP contribution in [0.3, 0.4) is 0 Å². The Morgan fingerprint density at radius 2 is 2.29 bits per heavy atom. The maximum Gasteiger partial charge on any atom is 0.196 e. The SMILES string of the molecule is Cc1csc(Cl)c1NC1=N[C@@H]2CCCCC2N1. The highest BCUT2D eigenvalue weighted by atomic mass is 35.5. The number of hydrogen-bond donors (Lipinski definition) is 2. The first-order chi connectivity index (χ1) is 8.24. The Hall–Kier alpha value is -0.740. The number of halogens is 1. The van der Waals surface area contributed by atoms with Gasteiger partial charge in [-0.25, -0.2) is 4.99 Å². The van der Waals surface area contributed by atoms with Crippen LogP contribution in [-0.4, -0.2) is 18.0 Å². The Morgan fingerprint density at radius 3 is 3.00 bits per heavy atom. The number of hydrogen-bond acceptors (Lipinski definition) is 4. The summed E-state index contributed by atoms with van der Waals surface area (Å²) in [6.45, 7) is 2.06. The largest absolute Gasteiger partial charge is 0.351 e. The first kappa shape index (κ1) is 11.4. The van der Waals surface area contributed by atoms with Gasteiger partial charge in [0.05, 0.1) is 17.8 Å². The van der Waals surface area contributed by atoms with E-state index < -0.39 is 0 Å². The van der Waals surface area contributed by atoms with E-state index in [0.29, 0.717) is 12.1 Å². The zero-order valence-corrected chi connectivity index (χ0v) is 11.4. The molecule has 1 aliphatic heterocycles. The summed E-state index contributed by atoms with van der Waals surface area (Å²) in [6.07, 6.45) is 5.06. The summed E-state index contributed by atoms with van der Waals surface area (Å²) < 4.78 is 0.807. The second-order valence-corrected chi connectivity index (χ2v) is 6.25.